The largest absolute Gasteiger partial charge is 0.643 e. The molecule has 0 unspecified atom stereocenters. The minimum atomic E-state index is -1.72. The molecule has 0 fully saturated rings. The molecule has 0 spiro atoms. The lowest BCUT2D eigenvalue weighted by Gasteiger charge is -2.31. The molecule has 9 aromatic carbocycles. The van der Waals surface area contributed by atoms with Crippen molar-refractivity contribution in [2.24, 2.45) is 0 Å². The van der Waals surface area contributed by atoms with Gasteiger partial charge in [0.05, 0.1) is 55.5 Å². The first kappa shape index (κ1) is 100.0. The predicted octanol–water partition coefficient (Wildman–Crippen LogP) is 23.7. The van der Waals surface area contributed by atoms with Gasteiger partial charge in [-0.25, -0.2) is 71.6 Å². The molecule has 0 aromatic heterocycles. The first-order valence-corrected chi connectivity index (χ1v) is 45.1. The van der Waals surface area contributed by atoms with Crippen LogP contribution in [0.4, 0.5) is 54.8 Å². The summed E-state index contributed by atoms with van der Waals surface area (Å²) >= 11 is 50.9. The number of carbonyl (C=O) groups is 6. The molecule has 0 atom stereocenters. The average Bonchev–Trinajstić information content (AvgIpc) is 0.805. The molecule has 9 aromatic rings. The van der Waals surface area contributed by atoms with Crippen molar-refractivity contribution in [3.63, 3.8) is 0 Å². The smallest absolute Gasteiger partial charge is 0.465 e. The molecule has 4 aliphatic rings. The lowest BCUT2D eigenvalue weighted by molar-refractivity contribution is -0.118. The van der Waals surface area contributed by atoms with E-state index in [0.717, 1.165) is 119 Å². The summed E-state index contributed by atoms with van der Waals surface area (Å²) in [5.41, 5.74) is 20.2. The molecular formula is C81H76AlBrCl12F6N6O9. The van der Waals surface area contributed by atoms with Crippen LogP contribution in [-0.4, -0.2) is 97.0 Å². The van der Waals surface area contributed by atoms with E-state index in [2.05, 4.69) is 41.1 Å². The molecule has 15 nitrogen and oxygen atoms in total. The predicted molar refractivity (Wildman–Crippen MR) is 463 cm³/mol. The summed E-state index contributed by atoms with van der Waals surface area (Å²) in [6, 6.07) is 42.3. The van der Waals surface area contributed by atoms with Crippen LogP contribution in [0.25, 0.3) is 0 Å². The van der Waals surface area contributed by atoms with Crippen LogP contribution >= 0.6 is 150 Å². The van der Waals surface area contributed by atoms with Gasteiger partial charge in [0.2, 0.25) is 11.1 Å². The number of fused-ring (bicyclic) bond motifs is 4. The Morgan fingerprint density at radius 2 is 0.897 bits per heavy atom. The molecule has 0 radical (unpaired) electrons. The number of nitrogens with two attached hydrogens (primary N) is 1. The Bertz CT molecular complexity index is 4610. The summed E-state index contributed by atoms with van der Waals surface area (Å²) in [7, 11) is 17.6. The van der Waals surface area contributed by atoms with Crippen LogP contribution in [0.15, 0.2) is 158 Å². The van der Waals surface area contributed by atoms with Gasteiger partial charge in [-0.3, -0.25) is 24.4 Å². The van der Waals surface area contributed by atoms with Crippen LogP contribution < -0.4 is 31.6 Å². The highest BCUT2D eigenvalue weighted by molar-refractivity contribution is 9.08. The molecule has 6 N–H and O–H groups in total. The van der Waals surface area contributed by atoms with E-state index < -0.39 is 34.7 Å². The van der Waals surface area contributed by atoms with E-state index >= 15 is 0 Å². The number of nitrogens with zero attached hydrogens (tertiary/aromatic N) is 2. The molecule has 4 heterocycles. The summed E-state index contributed by atoms with van der Waals surface area (Å²) in [6.07, 6.45) is 7.49. The van der Waals surface area contributed by atoms with Gasteiger partial charge in [-0.1, -0.05) is 128 Å². The number of nitrogens with one attached hydrogen (secondary N) is 3. The van der Waals surface area contributed by atoms with Crippen LogP contribution in [0.5, 0.6) is 0 Å². The third-order valence-electron chi connectivity index (χ3n) is 16.8. The maximum atomic E-state index is 13.6. The van der Waals surface area contributed by atoms with Gasteiger partial charge in [-0.2, -0.15) is 0 Å². The van der Waals surface area contributed by atoms with Gasteiger partial charge >= 0.3 is 23.3 Å². The summed E-state index contributed by atoms with van der Waals surface area (Å²) in [5, 5.41) is 15.5. The number of anilines is 5. The van der Waals surface area contributed by atoms with Gasteiger partial charge in [0.15, 0.2) is 0 Å². The van der Waals surface area contributed by atoms with E-state index in [1.165, 1.54) is 74.9 Å². The zero-order chi connectivity index (χ0) is 85.7. The van der Waals surface area contributed by atoms with Crippen molar-refractivity contribution in [1.29, 1.82) is 0 Å². The quantitative estimate of drug-likeness (QED) is 0.0100. The molecule has 0 bridgehead atoms. The SMILES string of the molecule is COC(=O)c1ccc(CBr)cc1.COC(=O)c1ccc(CN2CCCc3cc(F)c(Cl)cc32)cc1.Fc1cc2c(cc1Cl)NCCC2.Nc1ccc(F)c(Cl)c1.O=C(CCCl)Cc1ccc(F)c(Cl)c1.O=C(Cl)CCCl.O=C(NO)c1ccc(CN2CCCc3cc(F)c(Cl)cc32)cc1.O=C1CCc2cc(F)c(Cl)cc2N1.[Cl][Al]([Cl])[Cl]. The Hall–Kier alpha value is -6.57. The lowest BCUT2D eigenvalue weighted by atomic mass is 10.0. The van der Waals surface area contributed by atoms with Gasteiger partial charge in [0.25, 0.3) is 5.91 Å². The van der Waals surface area contributed by atoms with Gasteiger partial charge in [0.1, 0.15) is 40.7 Å². The van der Waals surface area contributed by atoms with Crippen molar-refractivity contribution in [3.05, 3.63) is 284 Å². The number of alkyl halides is 3. The summed E-state index contributed by atoms with van der Waals surface area (Å²) < 4.78 is 87.4. The average molecular weight is 1920 g/mol. The second-order valence-electron chi connectivity index (χ2n) is 25.0. The van der Waals surface area contributed by atoms with E-state index in [1.54, 1.807) is 66.1 Å². The van der Waals surface area contributed by atoms with Crippen molar-refractivity contribution < 1.29 is 69.8 Å². The van der Waals surface area contributed by atoms with Crippen LogP contribution in [0.3, 0.4) is 0 Å². The number of Topliss-reactive ketones (excluding diaryl/α,β-unsaturated/α-hetero) is 1. The number of rotatable bonds is 14. The van der Waals surface area contributed by atoms with E-state index in [9.17, 15) is 55.1 Å². The molecule has 0 aliphatic carbocycles. The number of hydrogen-bond acceptors (Lipinski definition) is 13. The number of ketones is 1. The normalized spacial score (nSPS) is 12.3. The molecule has 13 rings (SSSR count). The number of benzene rings is 9. The molecular weight excluding hydrogens is 1850 g/mol. The topological polar surface area (TPSA) is 210 Å². The Morgan fingerprint density at radius 1 is 0.500 bits per heavy atom. The molecule has 620 valence electrons. The molecule has 116 heavy (non-hydrogen) atoms. The maximum absolute atomic E-state index is 13.6. The number of amides is 2. The molecule has 2 amide bonds. The molecule has 0 saturated carbocycles. The minimum absolute atomic E-state index is 0.0303. The second-order valence-corrected chi connectivity index (χ2v) is 35.6. The lowest BCUT2D eigenvalue weighted by Crippen LogP contribution is -2.29. The van der Waals surface area contributed by atoms with E-state index in [1.807, 2.05) is 36.4 Å². The fraction of sp³-hybridized carbons (Fsp3) is 0.259. The number of nitrogen functional groups attached to an aromatic ring is 1. The summed E-state index contributed by atoms with van der Waals surface area (Å²) in [6.45, 7) is 4.06. The third-order valence-corrected chi connectivity index (χ3v) is 19.7. The zero-order valence-electron chi connectivity index (χ0n) is 61.9. The third kappa shape index (κ3) is 34.6. The number of hydroxylamine groups is 1. The van der Waals surface area contributed by atoms with Crippen molar-refractivity contribution in [2.75, 3.05) is 71.8 Å². The second kappa shape index (κ2) is 52.5. The zero-order valence-corrected chi connectivity index (χ0v) is 73.7. The fourth-order valence-electron chi connectivity index (χ4n) is 11.1. The number of methoxy groups -OCH3 is 2. The first-order chi connectivity index (χ1) is 55.2. The number of halogens is 19. The van der Waals surface area contributed by atoms with Crippen LogP contribution in [-0.2, 0) is 74.4 Å². The monoisotopic (exact) mass is 1920 g/mol. The number of ether oxygens (including phenoxy) is 2. The van der Waals surface area contributed by atoms with E-state index in [0.29, 0.717) is 77.7 Å². The van der Waals surface area contributed by atoms with Crippen LogP contribution in [0.1, 0.15) is 114 Å². The number of esters is 2. The Labute approximate surface area is 738 Å². The standard InChI is InChI=1S/C18H17ClFNO2.C17H16ClFN2O2.C10H9Cl2FO.C9H9BrO2.C9H7ClFNO.C9H9ClFN.C6H5ClFN.C3H4Cl2O.Al.3ClH/c1-23-18(22)13-6-4-12(5-7-13)11-21-8-2-3-14-9-16(20)15(19)10-17(14)21;18-14-9-16-13(8-15(14)19)2-1-7-21(16)10-11-3-5-12(6-4-11)17(22)20-23;11-4-3-8(14)5-7-1-2-10(13)9(12)6-7;1-12-9(11)8-4-2-7(6-10)3-5-8;10-6-4-8-5(3-7(6)11)1-2-9(13)12-8;10-7-5-9-6(4-8(7)11)2-1-3-12-9;7-5-3-4(9)1-2-6(5)8;4-2-1-3(5)6;;;;/h4-7,9-10H,2-3,8,11H2,1H3;3-6,8-9,23H,1-2,7,10H2,(H,20,22);1-2,6H,3-5H2;2-5H,6H2,1H3;3-4H,1-2H2,(H,12,13);4-5,12H,1-3H2;1-3H,9H2;1-2H2;;3*1H/q;;;;;;;;+3;;;/p-3. The first-order valence-electron chi connectivity index (χ1n) is 35.0. The molecule has 4 aliphatic heterocycles. The highest BCUT2D eigenvalue weighted by Crippen LogP contribution is 2.36. The van der Waals surface area contributed by atoms with Gasteiger partial charge < -0.3 is 35.6 Å². The van der Waals surface area contributed by atoms with Gasteiger partial charge in [-0.15, -0.1) is 23.2 Å². The highest BCUT2D eigenvalue weighted by Gasteiger charge is 2.23. The van der Waals surface area contributed by atoms with Crippen LogP contribution in [0.2, 0.25) is 30.1 Å². The Balaban J connectivity index is 0.000000242. The Kier molecular flexibility index (Phi) is 45.2. The van der Waals surface area contributed by atoms with Crippen molar-refractivity contribution in [1.82, 2.24) is 5.48 Å². The molecule has 35 heteroatoms. The summed E-state index contributed by atoms with van der Waals surface area (Å²) in [5.74, 6) is -2.97. The van der Waals surface area contributed by atoms with Gasteiger partial charge in [-0.05, 0) is 216 Å². The van der Waals surface area contributed by atoms with Crippen molar-refractivity contribution in [3.8, 4) is 0 Å². The fourth-order valence-corrected chi connectivity index (χ4v) is 13.1. The summed E-state index contributed by atoms with van der Waals surface area (Å²) in [4.78, 5) is 70.0. The number of hydrogen-bond donors (Lipinski definition) is 5. The van der Waals surface area contributed by atoms with Crippen molar-refractivity contribution in [2.45, 2.75) is 89.0 Å². The number of carbonyl (C=O) groups excluding carboxylic acids is 6. The van der Waals surface area contributed by atoms with Gasteiger partial charge in [0, 0.05) is 109 Å². The molecule has 0 saturated heterocycles. The van der Waals surface area contributed by atoms with E-state index in [4.69, 9.17) is 150 Å². The number of aryl methyl sites for hydroxylation is 4. The van der Waals surface area contributed by atoms with E-state index in [-0.39, 0.29) is 89.3 Å². The van der Waals surface area contributed by atoms with Crippen molar-refractivity contribution >= 4 is 225 Å². The Morgan fingerprint density at radius 3 is 1.31 bits per heavy atom. The minimum Gasteiger partial charge on any atom is -0.465 e. The highest BCUT2D eigenvalue weighted by atomic mass is 79.9. The van der Waals surface area contributed by atoms with Crippen LogP contribution in [0, 0.1) is 34.9 Å². The maximum Gasteiger partial charge on any atom is 0.643 e.